The molecule has 0 unspecified atom stereocenters. The van der Waals surface area contributed by atoms with E-state index in [1.807, 2.05) is 30.3 Å². The average Bonchev–Trinajstić information content (AvgIpc) is 2.19. The molecule has 0 radical (unpaired) electrons. The third-order valence-corrected chi connectivity index (χ3v) is 1.69. The zero-order valence-electron chi connectivity index (χ0n) is 7.51. The topological polar surface area (TPSA) is 63.8 Å². The van der Waals surface area contributed by atoms with Gasteiger partial charge in [-0.25, -0.2) is 9.97 Å². The molecule has 0 fully saturated rings. The summed E-state index contributed by atoms with van der Waals surface area (Å²) in [6, 6.07) is 11.0. The van der Waals surface area contributed by atoms with Crippen LogP contribution in [0.1, 0.15) is 0 Å². The first-order chi connectivity index (χ1) is 6.84. The van der Waals surface area contributed by atoms with Gasteiger partial charge in [-0.1, -0.05) is 12.1 Å². The molecule has 4 nitrogen and oxygen atoms in total. The first-order valence-electron chi connectivity index (χ1n) is 4.25. The molecular weight excluding hydrogens is 176 g/mol. The van der Waals surface area contributed by atoms with Gasteiger partial charge in [-0.05, 0) is 24.3 Å². The van der Waals surface area contributed by atoms with Crippen molar-refractivity contribution in [2.75, 3.05) is 11.1 Å². The van der Waals surface area contributed by atoms with Gasteiger partial charge in [0.05, 0.1) is 0 Å². The zero-order chi connectivity index (χ0) is 9.80. The Hall–Kier alpha value is -2.10. The molecule has 70 valence electrons. The van der Waals surface area contributed by atoms with E-state index in [2.05, 4.69) is 15.3 Å². The highest BCUT2D eigenvalue weighted by atomic mass is 15.1. The van der Waals surface area contributed by atoms with Gasteiger partial charge in [0.2, 0.25) is 0 Å². The van der Waals surface area contributed by atoms with E-state index in [0.29, 0.717) is 11.6 Å². The smallest absolute Gasteiger partial charge is 0.133 e. The summed E-state index contributed by atoms with van der Waals surface area (Å²) in [7, 11) is 0. The molecule has 0 spiro atoms. The summed E-state index contributed by atoms with van der Waals surface area (Å²) in [6.45, 7) is 0. The number of hydrogen-bond donors (Lipinski definition) is 2. The average molecular weight is 186 g/mol. The summed E-state index contributed by atoms with van der Waals surface area (Å²) >= 11 is 0. The zero-order valence-corrected chi connectivity index (χ0v) is 7.51. The Bertz CT molecular complexity index is 413. The van der Waals surface area contributed by atoms with Crippen LogP contribution in [0.25, 0.3) is 0 Å². The first-order valence-corrected chi connectivity index (χ1v) is 4.25. The number of nitrogen functional groups attached to an aromatic ring is 1. The Labute approximate surface area is 81.8 Å². The van der Waals surface area contributed by atoms with Crippen molar-refractivity contribution in [1.82, 2.24) is 9.97 Å². The van der Waals surface area contributed by atoms with Gasteiger partial charge in [-0.2, -0.15) is 0 Å². The molecule has 0 aromatic carbocycles. The Balaban J connectivity index is 2.19. The third kappa shape index (κ3) is 1.98. The van der Waals surface area contributed by atoms with Gasteiger partial charge in [-0.15, -0.1) is 0 Å². The fraction of sp³-hybridized carbons (Fsp3) is 0. The van der Waals surface area contributed by atoms with E-state index in [9.17, 15) is 0 Å². The third-order valence-electron chi connectivity index (χ3n) is 1.69. The number of hydrogen-bond acceptors (Lipinski definition) is 4. The number of rotatable bonds is 2. The van der Waals surface area contributed by atoms with Crippen LogP contribution in [0.5, 0.6) is 0 Å². The normalized spacial score (nSPS) is 9.71. The van der Waals surface area contributed by atoms with E-state index < -0.39 is 0 Å². The van der Waals surface area contributed by atoms with Gasteiger partial charge in [0.15, 0.2) is 0 Å². The molecule has 0 saturated heterocycles. The highest BCUT2D eigenvalue weighted by molar-refractivity contribution is 5.53. The number of nitrogens with one attached hydrogen (secondary N) is 1. The lowest BCUT2D eigenvalue weighted by atomic mass is 10.4. The van der Waals surface area contributed by atoms with E-state index in [1.54, 1.807) is 12.3 Å². The van der Waals surface area contributed by atoms with E-state index in [1.165, 1.54) is 0 Å². The number of pyridine rings is 2. The molecule has 0 amide bonds. The minimum atomic E-state index is 0.492. The summed E-state index contributed by atoms with van der Waals surface area (Å²) in [5.74, 6) is 1.94. The molecular formula is C10H10N4. The summed E-state index contributed by atoms with van der Waals surface area (Å²) < 4.78 is 0. The molecule has 0 saturated carbocycles. The fourth-order valence-corrected chi connectivity index (χ4v) is 1.09. The summed E-state index contributed by atoms with van der Waals surface area (Å²) in [6.07, 6.45) is 1.72. The van der Waals surface area contributed by atoms with Crippen LogP contribution < -0.4 is 11.1 Å². The van der Waals surface area contributed by atoms with Gasteiger partial charge in [0, 0.05) is 6.20 Å². The van der Waals surface area contributed by atoms with Crippen molar-refractivity contribution in [3.05, 3.63) is 42.6 Å². The van der Waals surface area contributed by atoms with Crippen molar-refractivity contribution in [2.45, 2.75) is 0 Å². The van der Waals surface area contributed by atoms with Crippen molar-refractivity contribution in [1.29, 1.82) is 0 Å². The minimum absolute atomic E-state index is 0.492. The van der Waals surface area contributed by atoms with E-state index >= 15 is 0 Å². The van der Waals surface area contributed by atoms with Crippen molar-refractivity contribution in [2.24, 2.45) is 0 Å². The van der Waals surface area contributed by atoms with Crippen LogP contribution in [0, 0.1) is 0 Å². The molecule has 0 aliphatic heterocycles. The van der Waals surface area contributed by atoms with Crippen molar-refractivity contribution < 1.29 is 0 Å². The lowest BCUT2D eigenvalue weighted by Gasteiger charge is -2.03. The summed E-state index contributed by atoms with van der Waals surface area (Å²) in [4.78, 5) is 8.21. The van der Waals surface area contributed by atoms with Gasteiger partial charge in [0.25, 0.3) is 0 Å². The van der Waals surface area contributed by atoms with Gasteiger partial charge in [0.1, 0.15) is 17.5 Å². The van der Waals surface area contributed by atoms with Gasteiger partial charge >= 0.3 is 0 Å². The molecule has 0 atom stereocenters. The second-order valence-corrected chi connectivity index (χ2v) is 2.79. The second-order valence-electron chi connectivity index (χ2n) is 2.79. The molecule has 2 rings (SSSR count). The number of aromatic nitrogens is 2. The maximum absolute atomic E-state index is 5.54. The number of nitrogens with two attached hydrogens (primary N) is 1. The van der Waals surface area contributed by atoms with Crippen LogP contribution in [0.3, 0.4) is 0 Å². The summed E-state index contributed by atoms with van der Waals surface area (Å²) in [5, 5.41) is 3.04. The van der Waals surface area contributed by atoms with Crippen LogP contribution in [0.2, 0.25) is 0 Å². The van der Waals surface area contributed by atoms with E-state index in [-0.39, 0.29) is 0 Å². The van der Waals surface area contributed by atoms with Crippen LogP contribution in [-0.4, -0.2) is 9.97 Å². The minimum Gasteiger partial charge on any atom is -0.384 e. The fourth-order valence-electron chi connectivity index (χ4n) is 1.09. The van der Waals surface area contributed by atoms with Crippen LogP contribution in [-0.2, 0) is 0 Å². The lowest BCUT2D eigenvalue weighted by Crippen LogP contribution is -1.97. The molecule has 0 aliphatic rings. The largest absolute Gasteiger partial charge is 0.384 e. The second kappa shape index (κ2) is 3.74. The lowest BCUT2D eigenvalue weighted by molar-refractivity contribution is 1.26. The predicted octanol–water partition coefficient (Wildman–Crippen LogP) is 1.80. The monoisotopic (exact) mass is 186 g/mol. The Kier molecular flexibility index (Phi) is 2.27. The molecule has 3 N–H and O–H groups in total. The summed E-state index contributed by atoms with van der Waals surface area (Å²) in [5.41, 5.74) is 5.54. The molecule has 2 aromatic heterocycles. The van der Waals surface area contributed by atoms with Crippen LogP contribution in [0.4, 0.5) is 17.5 Å². The van der Waals surface area contributed by atoms with Crippen molar-refractivity contribution in [3.63, 3.8) is 0 Å². The molecule has 0 aliphatic carbocycles. The Morgan fingerprint density at radius 3 is 2.57 bits per heavy atom. The SMILES string of the molecule is Nc1cccc(Nc2ccccn2)n1. The van der Waals surface area contributed by atoms with Crippen molar-refractivity contribution in [3.8, 4) is 0 Å². The standard InChI is InChI=1S/C10H10N4/c11-8-4-3-6-10(13-8)14-9-5-1-2-7-12-9/h1-7H,(H3,11,12,13,14). The van der Waals surface area contributed by atoms with Gasteiger partial charge in [-0.3, -0.25) is 0 Å². The molecule has 2 aromatic rings. The highest BCUT2D eigenvalue weighted by Gasteiger charge is 1.95. The highest BCUT2D eigenvalue weighted by Crippen LogP contribution is 2.11. The molecule has 2 heterocycles. The number of anilines is 3. The Morgan fingerprint density at radius 2 is 1.86 bits per heavy atom. The van der Waals surface area contributed by atoms with Crippen LogP contribution >= 0.6 is 0 Å². The number of nitrogens with zero attached hydrogens (tertiary/aromatic N) is 2. The van der Waals surface area contributed by atoms with E-state index in [0.717, 1.165) is 5.82 Å². The maximum Gasteiger partial charge on any atom is 0.133 e. The predicted molar refractivity (Wildman–Crippen MR) is 56.2 cm³/mol. The maximum atomic E-state index is 5.54. The van der Waals surface area contributed by atoms with Crippen molar-refractivity contribution >= 4 is 17.5 Å². The van der Waals surface area contributed by atoms with E-state index in [4.69, 9.17) is 5.73 Å². The Morgan fingerprint density at radius 1 is 1.00 bits per heavy atom. The molecule has 0 bridgehead atoms. The van der Waals surface area contributed by atoms with Crippen LogP contribution in [0.15, 0.2) is 42.6 Å². The van der Waals surface area contributed by atoms with Gasteiger partial charge < -0.3 is 11.1 Å². The molecule has 4 heteroatoms. The quantitative estimate of drug-likeness (QED) is 0.750. The molecule has 14 heavy (non-hydrogen) atoms. The first kappa shape index (κ1) is 8.50.